The number of hydrogen-bond donors (Lipinski definition) is 1. The van der Waals surface area contributed by atoms with Crippen molar-refractivity contribution in [3.63, 3.8) is 0 Å². The van der Waals surface area contributed by atoms with Gasteiger partial charge in [0.1, 0.15) is 5.60 Å². The lowest BCUT2D eigenvalue weighted by Crippen LogP contribution is -2.48. The third-order valence-corrected chi connectivity index (χ3v) is 3.95. The summed E-state index contributed by atoms with van der Waals surface area (Å²) < 4.78 is 5.42. The number of piperidine rings is 1. The lowest BCUT2D eigenvalue weighted by Gasteiger charge is -2.39. The van der Waals surface area contributed by atoms with Crippen molar-refractivity contribution in [2.24, 2.45) is 17.1 Å². The first-order chi connectivity index (χ1) is 7.86. The van der Waals surface area contributed by atoms with E-state index in [2.05, 4.69) is 0 Å². The molecule has 2 N–H and O–H groups in total. The second-order valence-corrected chi connectivity index (χ2v) is 6.49. The molecule has 4 heteroatoms. The molecule has 1 aliphatic carbocycles. The lowest BCUT2D eigenvalue weighted by molar-refractivity contribution is 0.00764. The standard InChI is InChI=1S/C13H24N2O2/c1-12(2,3)17-11(16)15-7-4-10(8-14)13(9-15)5-6-13/h10H,4-9,14H2,1-3H3. The first kappa shape index (κ1) is 12.7. The van der Waals surface area contributed by atoms with Gasteiger partial charge in [0.15, 0.2) is 0 Å². The van der Waals surface area contributed by atoms with Gasteiger partial charge < -0.3 is 15.4 Å². The van der Waals surface area contributed by atoms with Crippen molar-refractivity contribution >= 4 is 6.09 Å². The van der Waals surface area contributed by atoms with Crippen LogP contribution >= 0.6 is 0 Å². The normalized spacial score (nSPS) is 27.1. The first-order valence-electron chi connectivity index (χ1n) is 6.54. The number of hydrogen-bond acceptors (Lipinski definition) is 3. The molecule has 1 saturated heterocycles. The molecular formula is C13H24N2O2. The third-order valence-electron chi connectivity index (χ3n) is 3.95. The smallest absolute Gasteiger partial charge is 0.410 e. The molecule has 1 heterocycles. The van der Waals surface area contributed by atoms with Crippen molar-refractivity contribution < 1.29 is 9.53 Å². The molecule has 0 radical (unpaired) electrons. The number of rotatable bonds is 1. The van der Waals surface area contributed by atoms with Crippen LogP contribution in [0.25, 0.3) is 0 Å². The van der Waals surface area contributed by atoms with E-state index in [1.165, 1.54) is 12.8 Å². The van der Waals surface area contributed by atoms with Crippen molar-refractivity contribution in [2.75, 3.05) is 19.6 Å². The average Bonchev–Trinajstić information content (AvgIpc) is 2.96. The number of carbonyl (C=O) groups excluding carboxylic acids is 1. The molecule has 0 aromatic carbocycles. The zero-order chi connectivity index (χ0) is 12.7. The Morgan fingerprint density at radius 3 is 2.59 bits per heavy atom. The zero-order valence-electron chi connectivity index (χ0n) is 11.2. The first-order valence-corrected chi connectivity index (χ1v) is 6.54. The fourth-order valence-corrected chi connectivity index (χ4v) is 2.78. The predicted molar refractivity (Wildman–Crippen MR) is 66.6 cm³/mol. The molecule has 1 amide bonds. The maximum absolute atomic E-state index is 12.0. The number of likely N-dealkylation sites (tertiary alicyclic amines) is 1. The van der Waals surface area contributed by atoms with Crippen LogP contribution in [0.2, 0.25) is 0 Å². The van der Waals surface area contributed by atoms with Gasteiger partial charge in [-0.25, -0.2) is 4.79 Å². The van der Waals surface area contributed by atoms with Gasteiger partial charge in [0, 0.05) is 13.1 Å². The Balaban J connectivity index is 1.94. The molecule has 2 fully saturated rings. The van der Waals surface area contributed by atoms with Crippen LogP contribution in [-0.2, 0) is 4.74 Å². The van der Waals surface area contributed by atoms with Crippen LogP contribution in [0.4, 0.5) is 4.79 Å². The molecule has 2 aliphatic rings. The van der Waals surface area contributed by atoms with E-state index in [0.29, 0.717) is 11.3 Å². The minimum Gasteiger partial charge on any atom is -0.444 e. The van der Waals surface area contributed by atoms with Crippen LogP contribution in [0.3, 0.4) is 0 Å². The molecule has 1 aliphatic heterocycles. The van der Waals surface area contributed by atoms with E-state index in [9.17, 15) is 4.79 Å². The zero-order valence-corrected chi connectivity index (χ0v) is 11.2. The van der Waals surface area contributed by atoms with Gasteiger partial charge in [0.05, 0.1) is 0 Å². The maximum Gasteiger partial charge on any atom is 0.410 e. The average molecular weight is 240 g/mol. The van der Waals surface area contributed by atoms with E-state index < -0.39 is 5.60 Å². The summed E-state index contributed by atoms with van der Waals surface area (Å²) in [7, 11) is 0. The summed E-state index contributed by atoms with van der Waals surface area (Å²) in [5.41, 5.74) is 5.73. The van der Waals surface area contributed by atoms with Crippen LogP contribution in [0.15, 0.2) is 0 Å². The molecule has 2 rings (SSSR count). The molecule has 0 bridgehead atoms. The van der Waals surface area contributed by atoms with E-state index in [0.717, 1.165) is 26.1 Å². The minimum atomic E-state index is -0.404. The molecular weight excluding hydrogens is 216 g/mol. The Labute approximate surface area is 103 Å². The third kappa shape index (κ3) is 2.73. The van der Waals surface area contributed by atoms with Crippen LogP contribution in [0, 0.1) is 11.3 Å². The number of ether oxygens (including phenoxy) is 1. The van der Waals surface area contributed by atoms with Gasteiger partial charge in [-0.05, 0) is 57.9 Å². The van der Waals surface area contributed by atoms with Gasteiger partial charge >= 0.3 is 6.09 Å². The molecule has 0 aromatic rings. The second kappa shape index (κ2) is 4.16. The van der Waals surface area contributed by atoms with Gasteiger partial charge in [-0.1, -0.05) is 0 Å². The maximum atomic E-state index is 12.0. The SMILES string of the molecule is CC(C)(C)OC(=O)N1CCC(CN)C2(CC2)C1. The number of nitrogens with two attached hydrogens (primary N) is 1. The largest absolute Gasteiger partial charge is 0.444 e. The van der Waals surface area contributed by atoms with Crippen molar-refractivity contribution in [1.82, 2.24) is 4.90 Å². The van der Waals surface area contributed by atoms with E-state index in [-0.39, 0.29) is 6.09 Å². The summed E-state index contributed by atoms with van der Waals surface area (Å²) in [6.45, 7) is 8.10. The van der Waals surface area contributed by atoms with Crippen LogP contribution in [-0.4, -0.2) is 36.2 Å². The Morgan fingerprint density at radius 1 is 1.47 bits per heavy atom. The summed E-state index contributed by atoms with van der Waals surface area (Å²) in [5.74, 6) is 0.598. The van der Waals surface area contributed by atoms with Gasteiger partial charge in [-0.3, -0.25) is 0 Å². The van der Waals surface area contributed by atoms with Crippen molar-refractivity contribution in [3.8, 4) is 0 Å². The minimum absolute atomic E-state index is 0.167. The van der Waals surface area contributed by atoms with E-state index >= 15 is 0 Å². The monoisotopic (exact) mass is 240 g/mol. The molecule has 17 heavy (non-hydrogen) atoms. The van der Waals surface area contributed by atoms with Crippen molar-refractivity contribution in [1.29, 1.82) is 0 Å². The fourth-order valence-electron chi connectivity index (χ4n) is 2.78. The summed E-state index contributed by atoms with van der Waals surface area (Å²) >= 11 is 0. The Hall–Kier alpha value is -0.770. The van der Waals surface area contributed by atoms with Crippen LogP contribution in [0.1, 0.15) is 40.0 Å². The second-order valence-electron chi connectivity index (χ2n) is 6.49. The van der Waals surface area contributed by atoms with E-state index in [4.69, 9.17) is 10.5 Å². The number of carbonyl (C=O) groups is 1. The molecule has 1 atom stereocenters. The van der Waals surface area contributed by atoms with Crippen LogP contribution in [0.5, 0.6) is 0 Å². The number of nitrogens with zero attached hydrogens (tertiary/aromatic N) is 1. The summed E-state index contributed by atoms with van der Waals surface area (Å²) in [4.78, 5) is 13.9. The van der Waals surface area contributed by atoms with Gasteiger partial charge in [0.25, 0.3) is 0 Å². The molecule has 1 saturated carbocycles. The van der Waals surface area contributed by atoms with Crippen LogP contribution < -0.4 is 5.73 Å². The molecule has 98 valence electrons. The molecule has 1 unspecified atom stereocenters. The highest BCUT2D eigenvalue weighted by atomic mass is 16.6. The quantitative estimate of drug-likeness (QED) is 0.762. The molecule has 1 spiro atoms. The van der Waals surface area contributed by atoms with Gasteiger partial charge in [0.2, 0.25) is 0 Å². The van der Waals surface area contributed by atoms with Crippen molar-refractivity contribution in [3.05, 3.63) is 0 Å². The molecule has 0 aromatic heterocycles. The highest BCUT2D eigenvalue weighted by molar-refractivity contribution is 5.68. The topological polar surface area (TPSA) is 55.6 Å². The Bertz CT molecular complexity index is 305. The van der Waals surface area contributed by atoms with Crippen molar-refractivity contribution in [2.45, 2.75) is 45.6 Å². The highest BCUT2D eigenvalue weighted by Crippen LogP contribution is 2.55. The summed E-state index contributed by atoms with van der Waals surface area (Å²) in [5, 5.41) is 0. The summed E-state index contributed by atoms with van der Waals surface area (Å²) in [6, 6.07) is 0. The Kier molecular flexibility index (Phi) is 3.10. The van der Waals surface area contributed by atoms with Gasteiger partial charge in [-0.15, -0.1) is 0 Å². The highest BCUT2D eigenvalue weighted by Gasteiger charge is 2.52. The number of amides is 1. The fraction of sp³-hybridized carbons (Fsp3) is 0.923. The van der Waals surface area contributed by atoms with E-state index in [1.54, 1.807) is 0 Å². The molecule has 4 nitrogen and oxygen atoms in total. The van der Waals surface area contributed by atoms with Gasteiger partial charge in [-0.2, -0.15) is 0 Å². The summed E-state index contributed by atoms with van der Waals surface area (Å²) in [6.07, 6.45) is 3.29. The Morgan fingerprint density at radius 2 is 2.12 bits per heavy atom. The van der Waals surface area contributed by atoms with E-state index in [1.807, 2.05) is 25.7 Å². The predicted octanol–water partition coefficient (Wildman–Crippen LogP) is 1.98. The lowest BCUT2D eigenvalue weighted by atomic mass is 9.82.